The predicted molar refractivity (Wildman–Crippen MR) is 125 cm³/mol. The Morgan fingerprint density at radius 1 is 1.12 bits per heavy atom. The van der Waals surface area contributed by atoms with Gasteiger partial charge in [0.25, 0.3) is 5.56 Å². The number of nitrogens with zero attached hydrogens (tertiary/aromatic N) is 4. The molecule has 0 saturated heterocycles. The first-order valence-corrected chi connectivity index (χ1v) is 10.3. The van der Waals surface area contributed by atoms with Gasteiger partial charge in [0, 0.05) is 13.6 Å². The fourth-order valence-corrected chi connectivity index (χ4v) is 3.40. The third-order valence-corrected chi connectivity index (χ3v) is 5.04. The van der Waals surface area contributed by atoms with Gasteiger partial charge in [-0.05, 0) is 48.7 Å². The smallest absolute Gasteiger partial charge is 0.329 e. The van der Waals surface area contributed by atoms with Gasteiger partial charge in [-0.25, -0.2) is 10.2 Å². The third kappa shape index (κ3) is 4.46. The molecule has 2 heterocycles. The van der Waals surface area contributed by atoms with Crippen molar-refractivity contribution in [3.8, 4) is 5.75 Å². The van der Waals surface area contributed by atoms with E-state index in [0.717, 1.165) is 16.9 Å². The average Bonchev–Trinajstić information content (AvgIpc) is 3.17. The normalized spacial score (nSPS) is 11.3. The van der Waals surface area contributed by atoms with Crippen LogP contribution in [0, 0.1) is 0 Å². The van der Waals surface area contributed by atoms with Crippen LogP contribution < -0.4 is 21.4 Å². The zero-order valence-electron chi connectivity index (χ0n) is 17.9. The summed E-state index contributed by atoms with van der Waals surface area (Å²) in [5, 5.41) is 4.28. The average molecular weight is 432 g/mol. The van der Waals surface area contributed by atoms with Crippen LogP contribution in [0.5, 0.6) is 5.75 Å². The van der Waals surface area contributed by atoms with Crippen molar-refractivity contribution in [1.82, 2.24) is 19.1 Å². The summed E-state index contributed by atoms with van der Waals surface area (Å²) in [6.07, 6.45) is 2.34. The maximum absolute atomic E-state index is 12.6. The van der Waals surface area contributed by atoms with Gasteiger partial charge in [-0.2, -0.15) is 10.1 Å². The number of H-pyrrole nitrogens is 1. The summed E-state index contributed by atoms with van der Waals surface area (Å²) in [5.74, 6) is 1.17. The maximum atomic E-state index is 12.6. The number of ether oxygens (including phenoxy) is 1. The number of nitrogens with one attached hydrogen (secondary N) is 2. The quantitative estimate of drug-likeness (QED) is 0.329. The summed E-state index contributed by atoms with van der Waals surface area (Å²) in [4.78, 5) is 31.4. The first-order chi connectivity index (χ1) is 15.6. The molecule has 2 N–H and O–H groups in total. The van der Waals surface area contributed by atoms with Crippen molar-refractivity contribution in [2.45, 2.75) is 19.9 Å². The zero-order valence-corrected chi connectivity index (χ0v) is 17.9. The number of rotatable bonds is 8. The molecule has 0 spiro atoms. The highest BCUT2D eigenvalue weighted by atomic mass is 16.5. The Morgan fingerprint density at radius 3 is 2.59 bits per heavy atom. The molecule has 0 atom stereocenters. The fourth-order valence-electron chi connectivity index (χ4n) is 3.40. The minimum atomic E-state index is -0.514. The number of aromatic nitrogens is 4. The molecule has 0 unspecified atom stereocenters. The maximum Gasteiger partial charge on any atom is 0.329 e. The van der Waals surface area contributed by atoms with Crippen molar-refractivity contribution in [2.24, 2.45) is 12.1 Å². The molecule has 2 aromatic carbocycles. The second kappa shape index (κ2) is 9.34. The molecule has 0 amide bonds. The number of fused-ring (bicyclic) bond motifs is 1. The standard InChI is InChI=1S/C23H24N6O3/c1-3-32-18-11-9-17(10-12-18)15-24-27-22-25-20-19(21(30)26-23(31)28(20)2)29(22)14-13-16-7-5-4-6-8-16/h4-12,15H,3,13-14H2,1-2H3,(H,25,27)(H,26,30,31)/b24-15+. The number of imidazole rings is 1. The van der Waals surface area contributed by atoms with Crippen LogP contribution in [0.3, 0.4) is 0 Å². The molecular weight excluding hydrogens is 408 g/mol. The van der Waals surface area contributed by atoms with Crippen LogP contribution in [0.2, 0.25) is 0 Å². The Kier molecular flexibility index (Phi) is 6.16. The lowest BCUT2D eigenvalue weighted by Crippen LogP contribution is -2.29. The van der Waals surface area contributed by atoms with Gasteiger partial charge < -0.3 is 9.30 Å². The van der Waals surface area contributed by atoms with Crippen molar-refractivity contribution in [1.29, 1.82) is 0 Å². The number of hydrogen-bond acceptors (Lipinski definition) is 6. The number of hydrogen-bond donors (Lipinski definition) is 2. The number of aryl methyl sites for hydroxylation is 3. The highest BCUT2D eigenvalue weighted by Crippen LogP contribution is 2.17. The fraction of sp³-hybridized carbons (Fsp3) is 0.217. The summed E-state index contributed by atoms with van der Waals surface area (Å²) < 4.78 is 8.51. The van der Waals surface area contributed by atoms with E-state index < -0.39 is 11.2 Å². The molecule has 0 aliphatic rings. The van der Waals surface area contributed by atoms with Crippen LogP contribution in [0.4, 0.5) is 5.95 Å². The molecule has 4 aromatic rings. The van der Waals surface area contributed by atoms with Crippen molar-refractivity contribution >= 4 is 23.3 Å². The molecule has 0 fully saturated rings. The Hall–Kier alpha value is -4.14. The van der Waals surface area contributed by atoms with E-state index in [1.54, 1.807) is 17.8 Å². The highest BCUT2D eigenvalue weighted by molar-refractivity contribution is 5.80. The van der Waals surface area contributed by atoms with E-state index in [-0.39, 0.29) is 0 Å². The van der Waals surface area contributed by atoms with E-state index in [1.165, 1.54) is 4.57 Å². The molecule has 2 aromatic heterocycles. The Labute approximate surface area is 184 Å². The van der Waals surface area contributed by atoms with Crippen LogP contribution in [0.15, 0.2) is 69.3 Å². The van der Waals surface area contributed by atoms with Crippen molar-refractivity contribution in [3.05, 3.63) is 86.6 Å². The zero-order chi connectivity index (χ0) is 22.5. The van der Waals surface area contributed by atoms with Gasteiger partial charge in [0.15, 0.2) is 11.2 Å². The minimum Gasteiger partial charge on any atom is -0.494 e. The van der Waals surface area contributed by atoms with Crippen molar-refractivity contribution < 1.29 is 4.74 Å². The molecular formula is C23H24N6O3. The van der Waals surface area contributed by atoms with E-state index >= 15 is 0 Å². The van der Waals surface area contributed by atoms with Crippen LogP contribution >= 0.6 is 0 Å². The molecule has 164 valence electrons. The van der Waals surface area contributed by atoms with Gasteiger partial charge in [-0.15, -0.1) is 0 Å². The lowest BCUT2D eigenvalue weighted by Gasteiger charge is -2.08. The number of benzene rings is 2. The summed E-state index contributed by atoms with van der Waals surface area (Å²) in [7, 11) is 1.57. The summed E-state index contributed by atoms with van der Waals surface area (Å²) in [5.41, 5.74) is 4.55. The molecule has 32 heavy (non-hydrogen) atoms. The van der Waals surface area contributed by atoms with Crippen LogP contribution in [-0.4, -0.2) is 31.9 Å². The van der Waals surface area contributed by atoms with E-state index in [2.05, 4.69) is 20.5 Å². The van der Waals surface area contributed by atoms with Gasteiger partial charge in [-0.3, -0.25) is 14.3 Å². The molecule has 9 nitrogen and oxygen atoms in total. The van der Waals surface area contributed by atoms with Gasteiger partial charge >= 0.3 is 5.69 Å². The van der Waals surface area contributed by atoms with Crippen molar-refractivity contribution in [2.75, 3.05) is 12.0 Å². The number of anilines is 1. The van der Waals surface area contributed by atoms with E-state index in [1.807, 2.05) is 61.5 Å². The largest absolute Gasteiger partial charge is 0.494 e. The van der Waals surface area contributed by atoms with Gasteiger partial charge in [0.1, 0.15) is 5.75 Å². The number of hydrazone groups is 1. The first-order valence-electron chi connectivity index (χ1n) is 10.3. The highest BCUT2D eigenvalue weighted by Gasteiger charge is 2.17. The van der Waals surface area contributed by atoms with Gasteiger partial charge in [0.2, 0.25) is 5.95 Å². The van der Waals surface area contributed by atoms with Crippen LogP contribution in [-0.2, 0) is 20.0 Å². The van der Waals surface area contributed by atoms with Crippen LogP contribution in [0.25, 0.3) is 11.2 Å². The number of aromatic amines is 1. The Bertz CT molecular complexity index is 1350. The second-order valence-electron chi connectivity index (χ2n) is 7.19. The minimum absolute atomic E-state index is 0.297. The molecule has 0 saturated carbocycles. The first kappa shape index (κ1) is 21.1. The lowest BCUT2D eigenvalue weighted by molar-refractivity contribution is 0.340. The molecule has 9 heteroatoms. The Morgan fingerprint density at radius 2 is 1.88 bits per heavy atom. The van der Waals surface area contributed by atoms with Gasteiger partial charge in [-0.1, -0.05) is 30.3 Å². The topological polar surface area (TPSA) is 106 Å². The second-order valence-corrected chi connectivity index (χ2v) is 7.19. The molecule has 4 rings (SSSR count). The molecule has 0 bridgehead atoms. The lowest BCUT2D eigenvalue weighted by atomic mass is 10.1. The third-order valence-electron chi connectivity index (χ3n) is 5.04. The molecule has 0 aliphatic carbocycles. The van der Waals surface area contributed by atoms with Crippen LogP contribution in [0.1, 0.15) is 18.1 Å². The Balaban J connectivity index is 1.64. The SMILES string of the molecule is CCOc1ccc(/C=N/Nc2nc3c(c(=O)[nH]c(=O)n3C)n2CCc2ccccc2)cc1. The predicted octanol–water partition coefficient (Wildman–Crippen LogP) is 2.51. The van der Waals surface area contributed by atoms with E-state index in [4.69, 9.17) is 4.74 Å². The van der Waals surface area contributed by atoms with E-state index in [0.29, 0.717) is 36.7 Å². The monoisotopic (exact) mass is 432 g/mol. The summed E-state index contributed by atoms with van der Waals surface area (Å²) in [6.45, 7) is 3.03. The summed E-state index contributed by atoms with van der Waals surface area (Å²) in [6, 6.07) is 17.5. The molecule has 0 radical (unpaired) electrons. The molecule has 0 aliphatic heterocycles. The van der Waals surface area contributed by atoms with Crippen molar-refractivity contribution in [3.63, 3.8) is 0 Å². The van der Waals surface area contributed by atoms with E-state index in [9.17, 15) is 9.59 Å². The van der Waals surface area contributed by atoms with Gasteiger partial charge in [0.05, 0.1) is 12.8 Å². The summed E-state index contributed by atoms with van der Waals surface area (Å²) >= 11 is 0.